The summed E-state index contributed by atoms with van der Waals surface area (Å²) < 4.78 is 11.9. The van der Waals surface area contributed by atoms with Gasteiger partial charge in [0.15, 0.2) is 27.8 Å². The average Bonchev–Trinajstić information content (AvgIpc) is 2.85. The Labute approximate surface area is 204 Å². The number of aromatic nitrogens is 4. The van der Waals surface area contributed by atoms with Crippen LogP contribution in [0.25, 0.3) is 11.2 Å². The minimum Gasteiger partial charge on any atom is -0.493 e. The number of nitrogens with one attached hydrogen (secondary N) is 1. The number of halogens is 1. The van der Waals surface area contributed by atoms with Crippen LogP contribution in [0.3, 0.4) is 0 Å². The number of hydrogen-bond acceptors (Lipinski definition) is 8. The SMILES string of the molecule is COc1ccc(NC(=O)CSc2nc3nccnc3c(=O)n2Cc2ccccc2Cl)cc1OC. The molecule has 1 N–H and O–H groups in total. The maximum absolute atomic E-state index is 13.2. The second-order valence-corrected chi connectivity index (χ2v) is 8.36. The number of carbonyl (C=O) groups excluding carboxylic acids is 1. The number of nitrogens with zero attached hydrogens (tertiary/aromatic N) is 4. The lowest BCUT2D eigenvalue weighted by atomic mass is 10.2. The Hall–Kier alpha value is -3.63. The van der Waals surface area contributed by atoms with Crippen LogP contribution >= 0.6 is 23.4 Å². The number of ether oxygens (including phenoxy) is 2. The van der Waals surface area contributed by atoms with Crippen molar-refractivity contribution in [2.45, 2.75) is 11.7 Å². The second kappa shape index (κ2) is 10.5. The molecule has 1 amide bonds. The number of amides is 1. The van der Waals surface area contributed by atoms with Crippen molar-refractivity contribution in [2.75, 3.05) is 25.3 Å². The van der Waals surface area contributed by atoms with Gasteiger partial charge in [-0.15, -0.1) is 0 Å². The zero-order valence-corrected chi connectivity index (χ0v) is 19.9. The van der Waals surface area contributed by atoms with Crippen LogP contribution in [0.15, 0.2) is 64.8 Å². The largest absolute Gasteiger partial charge is 0.493 e. The lowest BCUT2D eigenvalue weighted by Crippen LogP contribution is -2.26. The maximum atomic E-state index is 13.2. The maximum Gasteiger partial charge on any atom is 0.282 e. The molecule has 9 nitrogen and oxygen atoms in total. The summed E-state index contributed by atoms with van der Waals surface area (Å²) in [6.45, 7) is 0.178. The van der Waals surface area contributed by atoms with E-state index in [9.17, 15) is 9.59 Å². The molecule has 0 aliphatic rings. The summed E-state index contributed by atoms with van der Waals surface area (Å²) >= 11 is 7.43. The first-order valence-corrected chi connectivity index (χ1v) is 11.5. The van der Waals surface area contributed by atoms with Crippen LogP contribution in [-0.4, -0.2) is 45.4 Å². The lowest BCUT2D eigenvalue weighted by Gasteiger charge is -2.14. The normalized spacial score (nSPS) is 10.8. The van der Waals surface area contributed by atoms with Gasteiger partial charge in [-0.1, -0.05) is 41.6 Å². The number of benzene rings is 2. The molecule has 0 atom stereocenters. The molecule has 34 heavy (non-hydrogen) atoms. The summed E-state index contributed by atoms with van der Waals surface area (Å²) in [5.41, 5.74) is 1.29. The highest BCUT2D eigenvalue weighted by Crippen LogP contribution is 2.30. The topological polar surface area (TPSA) is 108 Å². The first kappa shape index (κ1) is 23.5. The van der Waals surface area contributed by atoms with Gasteiger partial charge >= 0.3 is 0 Å². The molecular weight excluding hydrogens is 478 g/mol. The quantitative estimate of drug-likeness (QED) is 0.290. The van der Waals surface area contributed by atoms with E-state index in [-0.39, 0.29) is 34.9 Å². The number of hydrogen-bond donors (Lipinski definition) is 1. The first-order valence-electron chi connectivity index (χ1n) is 10.1. The van der Waals surface area contributed by atoms with Crippen LogP contribution in [0.5, 0.6) is 11.5 Å². The van der Waals surface area contributed by atoms with Crippen molar-refractivity contribution in [3.63, 3.8) is 0 Å². The zero-order valence-electron chi connectivity index (χ0n) is 18.3. The van der Waals surface area contributed by atoms with Crippen molar-refractivity contribution in [3.05, 3.63) is 75.8 Å². The van der Waals surface area contributed by atoms with E-state index in [2.05, 4.69) is 20.3 Å². The molecule has 2 aromatic carbocycles. The minimum atomic E-state index is -0.360. The van der Waals surface area contributed by atoms with Gasteiger partial charge in [0.2, 0.25) is 5.91 Å². The molecule has 4 aromatic rings. The summed E-state index contributed by atoms with van der Waals surface area (Å²) in [6, 6.07) is 12.3. The molecule has 0 saturated carbocycles. The molecule has 0 aliphatic carbocycles. The van der Waals surface area contributed by atoms with Gasteiger partial charge in [-0.3, -0.25) is 14.2 Å². The number of methoxy groups -OCH3 is 2. The number of carbonyl (C=O) groups is 1. The first-order chi connectivity index (χ1) is 16.5. The fraction of sp³-hybridized carbons (Fsp3) is 0.174. The smallest absolute Gasteiger partial charge is 0.282 e. The van der Waals surface area contributed by atoms with Gasteiger partial charge in [0.05, 0.1) is 26.5 Å². The highest BCUT2D eigenvalue weighted by Gasteiger charge is 2.16. The minimum absolute atomic E-state index is 0.00900. The molecule has 0 spiro atoms. The van der Waals surface area contributed by atoms with Crippen molar-refractivity contribution in [1.82, 2.24) is 19.5 Å². The highest BCUT2D eigenvalue weighted by atomic mass is 35.5. The Bertz CT molecular complexity index is 1410. The van der Waals surface area contributed by atoms with Crippen LogP contribution in [0, 0.1) is 0 Å². The predicted molar refractivity (Wildman–Crippen MR) is 131 cm³/mol. The molecule has 0 saturated heterocycles. The zero-order chi connectivity index (χ0) is 24.1. The molecule has 11 heteroatoms. The van der Waals surface area contributed by atoms with E-state index >= 15 is 0 Å². The molecule has 174 valence electrons. The van der Waals surface area contributed by atoms with Crippen molar-refractivity contribution >= 4 is 46.1 Å². The second-order valence-electron chi connectivity index (χ2n) is 7.01. The molecule has 2 aromatic heterocycles. The fourth-order valence-corrected chi connectivity index (χ4v) is 4.20. The Morgan fingerprint density at radius 3 is 2.62 bits per heavy atom. The Kier molecular flexibility index (Phi) is 7.29. The third-order valence-electron chi connectivity index (χ3n) is 4.85. The molecule has 4 rings (SSSR count). The van der Waals surface area contributed by atoms with Gasteiger partial charge < -0.3 is 14.8 Å². The summed E-state index contributed by atoms with van der Waals surface area (Å²) in [5.74, 6) is 0.779. The van der Waals surface area contributed by atoms with Crippen molar-refractivity contribution in [3.8, 4) is 11.5 Å². The predicted octanol–water partition coefficient (Wildman–Crippen LogP) is 3.64. The van der Waals surface area contributed by atoms with Crippen LogP contribution in [0.1, 0.15) is 5.56 Å². The molecule has 2 heterocycles. The van der Waals surface area contributed by atoms with Gasteiger partial charge in [0.1, 0.15) is 0 Å². The van der Waals surface area contributed by atoms with Crippen molar-refractivity contribution in [1.29, 1.82) is 0 Å². The number of rotatable bonds is 8. The Morgan fingerprint density at radius 2 is 1.85 bits per heavy atom. The van der Waals surface area contributed by atoms with Gasteiger partial charge in [-0.2, -0.15) is 0 Å². The third kappa shape index (κ3) is 5.13. The van der Waals surface area contributed by atoms with Crippen LogP contribution < -0.4 is 20.3 Å². The highest BCUT2D eigenvalue weighted by molar-refractivity contribution is 7.99. The van der Waals surface area contributed by atoms with E-state index in [0.717, 1.165) is 17.3 Å². The van der Waals surface area contributed by atoms with Crippen LogP contribution in [0.4, 0.5) is 5.69 Å². The van der Waals surface area contributed by atoms with E-state index < -0.39 is 0 Å². The molecule has 0 aliphatic heterocycles. The van der Waals surface area contributed by atoms with Crippen molar-refractivity contribution < 1.29 is 14.3 Å². The molecule has 0 fully saturated rings. The Morgan fingerprint density at radius 1 is 1.09 bits per heavy atom. The van der Waals surface area contributed by atoms with Gasteiger partial charge in [-0.25, -0.2) is 15.0 Å². The number of fused-ring (bicyclic) bond motifs is 1. The summed E-state index contributed by atoms with van der Waals surface area (Å²) in [4.78, 5) is 38.6. The molecule has 0 bridgehead atoms. The van der Waals surface area contributed by atoms with Crippen LogP contribution in [-0.2, 0) is 11.3 Å². The standard InChI is InChI=1S/C23H20ClN5O4S/c1-32-17-8-7-15(11-18(17)33-2)27-19(30)13-34-23-28-21-20(25-9-10-26-21)22(31)29(23)12-14-5-3-4-6-16(14)24/h3-11H,12-13H2,1-2H3,(H,27,30). The summed E-state index contributed by atoms with van der Waals surface area (Å²) in [5, 5.41) is 3.67. The number of thioether (sulfide) groups is 1. The van der Waals surface area contributed by atoms with E-state index in [1.807, 2.05) is 18.2 Å². The fourth-order valence-electron chi connectivity index (χ4n) is 3.22. The van der Waals surface area contributed by atoms with Crippen LogP contribution in [0.2, 0.25) is 5.02 Å². The summed E-state index contributed by atoms with van der Waals surface area (Å²) in [6.07, 6.45) is 2.90. The van der Waals surface area contributed by atoms with Gasteiger partial charge in [0.25, 0.3) is 5.56 Å². The Balaban J connectivity index is 1.59. The molecular formula is C23H20ClN5O4S. The average molecular weight is 498 g/mol. The van der Waals surface area contributed by atoms with E-state index in [1.54, 1.807) is 24.3 Å². The van der Waals surface area contributed by atoms with E-state index in [1.165, 1.54) is 31.2 Å². The molecule has 0 unspecified atom stereocenters. The molecule has 0 radical (unpaired) electrons. The van der Waals surface area contributed by atoms with Crippen molar-refractivity contribution in [2.24, 2.45) is 0 Å². The van der Waals surface area contributed by atoms with Gasteiger partial charge in [-0.05, 0) is 23.8 Å². The summed E-state index contributed by atoms with van der Waals surface area (Å²) in [7, 11) is 3.06. The van der Waals surface area contributed by atoms with Gasteiger partial charge in [0, 0.05) is 29.2 Å². The monoisotopic (exact) mass is 497 g/mol. The lowest BCUT2D eigenvalue weighted by molar-refractivity contribution is -0.113. The van der Waals surface area contributed by atoms with E-state index in [0.29, 0.717) is 27.4 Å². The number of anilines is 1. The third-order valence-corrected chi connectivity index (χ3v) is 6.19. The van der Waals surface area contributed by atoms with E-state index in [4.69, 9.17) is 21.1 Å².